The number of carboxylic acids is 1. The fourth-order valence-corrected chi connectivity index (χ4v) is 2.01. The normalized spacial score (nSPS) is 10.4. The molecule has 0 aliphatic heterocycles. The molecular weight excluding hydrogens is 248 g/mol. The molecule has 0 rings (SSSR count). The van der Waals surface area contributed by atoms with Gasteiger partial charge in [0.05, 0.1) is 0 Å². The van der Waals surface area contributed by atoms with E-state index >= 15 is 0 Å². The summed E-state index contributed by atoms with van der Waals surface area (Å²) in [7, 11) is 0. The van der Waals surface area contributed by atoms with E-state index in [4.69, 9.17) is 5.11 Å². The fraction of sp³-hybridized carbons (Fsp3) is 0.722. The Labute approximate surface area is 124 Å². The number of hydrogen-bond acceptors (Lipinski definition) is 1. The minimum atomic E-state index is -0.856. The quantitative estimate of drug-likeness (QED) is 0.297. The van der Waals surface area contributed by atoms with Gasteiger partial charge in [0.15, 0.2) is 0 Å². The molecule has 20 heavy (non-hydrogen) atoms. The van der Waals surface area contributed by atoms with E-state index in [0.29, 0.717) is 0 Å². The van der Waals surface area contributed by atoms with Crippen LogP contribution in [0.5, 0.6) is 0 Å². The summed E-state index contributed by atoms with van der Waals surface area (Å²) in [5.41, 5.74) is 0. The lowest BCUT2D eigenvalue weighted by Gasteiger charge is -1.96. The molecule has 114 valence electrons. The SMILES string of the molecule is CCCCCCCCC#CCCCCCC=CC(=O)O. The van der Waals surface area contributed by atoms with E-state index < -0.39 is 5.97 Å². The van der Waals surface area contributed by atoms with Gasteiger partial charge in [-0.1, -0.05) is 51.5 Å². The summed E-state index contributed by atoms with van der Waals surface area (Å²) >= 11 is 0. The molecule has 0 bridgehead atoms. The molecule has 2 heteroatoms. The van der Waals surface area contributed by atoms with Crippen LogP contribution in [0.15, 0.2) is 12.2 Å². The third kappa shape index (κ3) is 16.8. The number of allylic oxidation sites excluding steroid dienone is 1. The van der Waals surface area contributed by atoms with Crippen molar-refractivity contribution in [1.82, 2.24) is 0 Å². The Morgan fingerprint density at radius 3 is 2.05 bits per heavy atom. The van der Waals surface area contributed by atoms with Gasteiger partial charge in [-0.05, 0) is 25.7 Å². The number of rotatable bonds is 12. The van der Waals surface area contributed by atoms with E-state index in [1.54, 1.807) is 6.08 Å². The van der Waals surface area contributed by atoms with Crippen LogP contribution in [0, 0.1) is 11.8 Å². The Kier molecular flexibility index (Phi) is 14.9. The second-order valence-electron chi connectivity index (χ2n) is 5.21. The van der Waals surface area contributed by atoms with E-state index in [2.05, 4.69) is 18.8 Å². The van der Waals surface area contributed by atoms with Gasteiger partial charge >= 0.3 is 5.97 Å². The van der Waals surface area contributed by atoms with Crippen molar-refractivity contribution >= 4 is 5.97 Å². The molecule has 0 saturated carbocycles. The Morgan fingerprint density at radius 2 is 1.45 bits per heavy atom. The zero-order chi connectivity index (χ0) is 14.9. The van der Waals surface area contributed by atoms with Crippen molar-refractivity contribution in [3.63, 3.8) is 0 Å². The van der Waals surface area contributed by atoms with Crippen LogP contribution in [0.3, 0.4) is 0 Å². The van der Waals surface area contributed by atoms with Crippen LogP contribution < -0.4 is 0 Å². The zero-order valence-electron chi connectivity index (χ0n) is 13.0. The Hall–Kier alpha value is -1.23. The lowest BCUT2D eigenvalue weighted by Crippen LogP contribution is -1.85. The molecule has 1 N–H and O–H groups in total. The smallest absolute Gasteiger partial charge is 0.327 e. The fourth-order valence-electron chi connectivity index (χ4n) is 2.01. The molecule has 0 amide bonds. The average molecular weight is 278 g/mol. The molecule has 0 spiro atoms. The number of carbonyl (C=O) groups is 1. The minimum Gasteiger partial charge on any atom is -0.478 e. The standard InChI is InChI=1S/C18H30O2/c1-2-3-4-5-6-7-8-9-10-11-12-13-14-15-16-17-18(19)20/h16-17H,2-8,11-15H2,1H3,(H,19,20). The summed E-state index contributed by atoms with van der Waals surface area (Å²) in [4.78, 5) is 10.2. The first kappa shape index (κ1) is 18.8. The summed E-state index contributed by atoms with van der Waals surface area (Å²) in [5, 5.41) is 8.41. The van der Waals surface area contributed by atoms with Gasteiger partial charge in [-0.25, -0.2) is 4.79 Å². The van der Waals surface area contributed by atoms with Crippen LogP contribution in [-0.2, 0) is 4.79 Å². The number of hydrogen-bond donors (Lipinski definition) is 1. The first-order valence-electron chi connectivity index (χ1n) is 8.12. The van der Waals surface area contributed by atoms with Gasteiger partial charge < -0.3 is 5.11 Å². The lowest BCUT2D eigenvalue weighted by atomic mass is 10.1. The van der Waals surface area contributed by atoms with Crippen molar-refractivity contribution in [1.29, 1.82) is 0 Å². The molecule has 0 saturated heterocycles. The van der Waals surface area contributed by atoms with Crippen molar-refractivity contribution < 1.29 is 9.90 Å². The largest absolute Gasteiger partial charge is 0.478 e. The molecule has 0 fully saturated rings. The van der Waals surface area contributed by atoms with Crippen LogP contribution in [0.2, 0.25) is 0 Å². The molecule has 0 atom stereocenters. The first-order valence-corrected chi connectivity index (χ1v) is 8.12. The monoisotopic (exact) mass is 278 g/mol. The minimum absolute atomic E-state index is 0.856. The van der Waals surface area contributed by atoms with Crippen molar-refractivity contribution in [2.24, 2.45) is 0 Å². The summed E-state index contributed by atoms with van der Waals surface area (Å²) in [6.07, 6.45) is 17.2. The van der Waals surface area contributed by atoms with Gasteiger partial charge in [-0.3, -0.25) is 0 Å². The van der Waals surface area contributed by atoms with Gasteiger partial charge in [-0.15, -0.1) is 11.8 Å². The molecule has 0 aliphatic carbocycles. The highest BCUT2D eigenvalue weighted by molar-refractivity contribution is 5.79. The predicted octanol–water partition coefficient (Wildman–Crippen LogP) is 5.33. The Bertz CT molecular complexity index is 307. The summed E-state index contributed by atoms with van der Waals surface area (Å²) < 4.78 is 0. The second-order valence-corrected chi connectivity index (χ2v) is 5.21. The Balaban J connectivity index is 3.19. The highest BCUT2D eigenvalue weighted by Gasteiger charge is 1.89. The van der Waals surface area contributed by atoms with E-state index in [9.17, 15) is 4.79 Å². The van der Waals surface area contributed by atoms with Gasteiger partial charge in [0.2, 0.25) is 0 Å². The topological polar surface area (TPSA) is 37.3 Å². The van der Waals surface area contributed by atoms with Crippen molar-refractivity contribution in [2.45, 2.75) is 84.0 Å². The van der Waals surface area contributed by atoms with E-state index in [0.717, 1.165) is 38.5 Å². The molecule has 0 heterocycles. The second kappa shape index (κ2) is 15.8. The summed E-state index contributed by atoms with van der Waals surface area (Å²) in [5.74, 6) is 5.63. The molecule has 0 aromatic heterocycles. The maximum Gasteiger partial charge on any atom is 0.327 e. The highest BCUT2D eigenvalue weighted by Crippen LogP contribution is 2.06. The maximum absolute atomic E-state index is 10.2. The zero-order valence-corrected chi connectivity index (χ0v) is 13.0. The molecule has 0 radical (unpaired) electrons. The number of carboxylic acid groups (broad SMARTS) is 1. The van der Waals surface area contributed by atoms with E-state index in [1.807, 2.05) is 0 Å². The van der Waals surface area contributed by atoms with Crippen LogP contribution in [0.25, 0.3) is 0 Å². The first-order chi connectivity index (χ1) is 9.77. The average Bonchev–Trinajstić information content (AvgIpc) is 2.43. The van der Waals surface area contributed by atoms with Crippen LogP contribution in [0.4, 0.5) is 0 Å². The number of unbranched alkanes of at least 4 members (excludes halogenated alkanes) is 10. The third-order valence-electron chi connectivity index (χ3n) is 3.21. The van der Waals surface area contributed by atoms with Gasteiger partial charge in [0, 0.05) is 18.9 Å². The molecule has 0 unspecified atom stereocenters. The van der Waals surface area contributed by atoms with E-state index in [1.165, 1.54) is 44.6 Å². The van der Waals surface area contributed by atoms with Gasteiger partial charge in [0.25, 0.3) is 0 Å². The van der Waals surface area contributed by atoms with Crippen LogP contribution >= 0.6 is 0 Å². The number of aliphatic carboxylic acids is 1. The molecule has 0 aliphatic rings. The van der Waals surface area contributed by atoms with Gasteiger partial charge in [0.1, 0.15) is 0 Å². The molecule has 2 nitrogen and oxygen atoms in total. The van der Waals surface area contributed by atoms with Gasteiger partial charge in [-0.2, -0.15) is 0 Å². The predicted molar refractivity (Wildman–Crippen MR) is 85.6 cm³/mol. The Morgan fingerprint density at radius 1 is 0.900 bits per heavy atom. The summed E-state index contributed by atoms with van der Waals surface area (Å²) in [6, 6.07) is 0. The van der Waals surface area contributed by atoms with Crippen LogP contribution in [0.1, 0.15) is 84.0 Å². The molecule has 0 aromatic rings. The lowest BCUT2D eigenvalue weighted by molar-refractivity contribution is -0.131. The maximum atomic E-state index is 10.2. The van der Waals surface area contributed by atoms with Crippen molar-refractivity contribution in [2.75, 3.05) is 0 Å². The van der Waals surface area contributed by atoms with E-state index in [-0.39, 0.29) is 0 Å². The third-order valence-corrected chi connectivity index (χ3v) is 3.21. The molecular formula is C18H30O2. The molecule has 0 aromatic carbocycles. The highest BCUT2D eigenvalue weighted by atomic mass is 16.4. The van der Waals surface area contributed by atoms with Crippen molar-refractivity contribution in [3.8, 4) is 11.8 Å². The summed E-state index contributed by atoms with van der Waals surface area (Å²) in [6.45, 7) is 2.24. The van der Waals surface area contributed by atoms with Crippen molar-refractivity contribution in [3.05, 3.63) is 12.2 Å². The van der Waals surface area contributed by atoms with Crippen LogP contribution in [-0.4, -0.2) is 11.1 Å².